The van der Waals surface area contributed by atoms with Crippen molar-refractivity contribution in [3.05, 3.63) is 59.4 Å². The average Bonchev–Trinajstić information content (AvgIpc) is 2.52. The second kappa shape index (κ2) is 7.02. The molecule has 0 aliphatic rings. The molecule has 1 amide bonds. The molecule has 0 bridgehead atoms. The molecule has 0 saturated heterocycles. The second-order valence-electron chi connectivity index (χ2n) is 3.98. The predicted molar refractivity (Wildman–Crippen MR) is 75.6 cm³/mol. The van der Waals surface area contributed by atoms with E-state index in [9.17, 15) is 4.79 Å². The van der Waals surface area contributed by atoms with Crippen LogP contribution in [0.15, 0.2) is 42.6 Å². The lowest BCUT2D eigenvalue weighted by Gasteiger charge is -2.04. The molecule has 20 heavy (non-hydrogen) atoms. The van der Waals surface area contributed by atoms with Gasteiger partial charge in [0.15, 0.2) is 0 Å². The summed E-state index contributed by atoms with van der Waals surface area (Å²) in [7, 11) is 0. The van der Waals surface area contributed by atoms with Crippen LogP contribution in [0.5, 0.6) is 0 Å². The van der Waals surface area contributed by atoms with Crippen LogP contribution in [0.2, 0.25) is 0 Å². The molecule has 0 aliphatic heterocycles. The summed E-state index contributed by atoms with van der Waals surface area (Å²) >= 11 is 0. The highest BCUT2D eigenvalue weighted by molar-refractivity contribution is 5.94. The molecule has 0 aliphatic carbocycles. The van der Waals surface area contributed by atoms with Gasteiger partial charge in [-0.05, 0) is 36.4 Å². The fourth-order valence-corrected chi connectivity index (χ4v) is 1.56. The zero-order chi connectivity index (χ0) is 14.2. The minimum absolute atomic E-state index is 0.158. The average molecular weight is 266 g/mol. The fraction of sp³-hybridized carbons (Fsp3) is 0.133. The van der Waals surface area contributed by atoms with Crippen LogP contribution in [0.25, 0.3) is 0 Å². The highest BCUT2D eigenvalue weighted by atomic mass is 16.1. The van der Waals surface area contributed by atoms with Crippen LogP contribution in [0.1, 0.15) is 21.6 Å². The van der Waals surface area contributed by atoms with E-state index in [1.807, 2.05) is 0 Å². The van der Waals surface area contributed by atoms with Gasteiger partial charge in [-0.25, -0.2) is 0 Å². The van der Waals surface area contributed by atoms with Crippen molar-refractivity contribution in [2.45, 2.75) is 6.54 Å². The number of hydrogen-bond acceptors (Lipinski definition) is 4. The molecule has 1 aromatic carbocycles. The van der Waals surface area contributed by atoms with Crippen molar-refractivity contribution in [3.8, 4) is 11.8 Å². The lowest BCUT2D eigenvalue weighted by molar-refractivity contribution is 0.0950. The van der Waals surface area contributed by atoms with E-state index in [1.54, 1.807) is 42.6 Å². The third-order valence-corrected chi connectivity index (χ3v) is 2.54. The number of nitrogens with zero attached hydrogens (tertiary/aromatic N) is 2. The minimum atomic E-state index is -0.158. The van der Waals surface area contributed by atoms with Gasteiger partial charge in [0.25, 0.3) is 5.91 Å². The van der Waals surface area contributed by atoms with E-state index >= 15 is 0 Å². The second-order valence-corrected chi connectivity index (χ2v) is 3.98. The summed E-state index contributed by atoms with van der Waals surface area (Å²) in [5, 5.41) is 10.4. The smallest absolute Gasteiger partial charge is 0.251 e. The molecule has 0 spiro atoms. The number of nitrogens with one attached hydrogen (secondary N) is 1. The Labute approximate surface area is 117 Å². The van der Waals surface area contributed by atoms with Gasteiger partial charge in [-0.2, -0.15) is 10.2 Å². The van der Waals surface area contributed by atoms with Crippen molar-refractivity contribution >= 4 is 5.91 Å². The number of rotatable bonds is 3. The Morgan fingerprint density at radius 1 is 1.25 bits per heavy atom. The zero-order valence-corrected chi connectivity index (χ0v) is 10.8. The van der Waals surface area contributed by atoms with E-state index in [0.29, 0.717) is 24.3 Å². The molecule has 0 radical (unpaired) electrons. The lowest BCUT2D eigenvalue weighted by atomic mass is 10.1. The van der Waals surface area contributed by atoms with Gasteiger partial charge in [0, 0.05) is 17.3 Å². The normalized spacial score (nSPS) is 9.45. The molecule has 5 nitrogen and oxygen atoms in total. The van der Waals surface area contributed by atoms with Gasteiger partial charge < -0.3 is 11.1 Å². The number of aromatic nitrogens is 2. The SMILES string of the molecule is NCC#Cc1ccc(C(=O)NCc2cccnn2)cc1. The highest BCUT2D eigenvalue weighted by Crippen LogP contribution is 2.03. The molecule has 0 unspecified atom stereocenters. The number of nitrogens with two attached hydrogens (primary N) is 1. The third kappa shape index (κ3) is 3.90. The summed E-state index contributed by atoms with van der Waals surface area (Å²) < 4.78 is 0. The maximum Gasteiger partial charge on any atom is 0.251 e. The predicted octanol–water partition coefficient (Wildman–Crippen LogP) is 0.717. The molecule has 1 aromatic heterocycles. The van der Waals surface area contributed by atoms with Crippen molar-refractivity contribution in [3.63, 3.8) is 0 Å². The summed E-state index contributed by atoms with van der Waals surface area (Å²) in [5.74, 6) is 5.51. The molecule has 2 rings (SSSR count). The Balaban J connectivity index is 1.96. The van der Waals surface area contributed by atoms with Gasteiger partial charge in [0.2, 0.25) is 0 Å². The first kappa shape index (κ1) is 13.7. The first-order valence-corrected chi connectivity index (χ1v) is 6.13. The Morgan fingerprint density at radius 3 is 2.70 bits per heavy atom. The maximum atomic E-state index is 11.9. The van der Waals surface area contributed by atoms with Gasteiger partial charge in [-0.15, -0.1) is 0 Å². The standard InChI is InChI=1S/C15H14N4O/c16-9-1-3-12-5-7-13(8-6-12)15(20)17-11-14-4-2-10-18-19-14/h2,4-8,10H,9,11,16H2,(H,17,20). The topological polar surface area (TPSA) is 80.9 Å². The van der Waals surface area contributed by atoms with E-state index in [1.165, 1.54) is 0 Å². The Kier molecular flexibility index (Phi) is 4.81. The van der Waals surface area contributed by atoms with Gasteiger partial charge in [0.05, 0.1) is 18.8 Å². The lowest BCUT2D eigenvalue weighted by Crippen LogP contribution is -2.23. The summed E-state index contributed by atoms with van der Waals surface area (Å²) in [4.78, 5) is 11.9. The van der Waals surface area contributed by atoms with Crippen LogP contribution in [-0.4, -0.2) is 22.6 Å². The number of amides is 1. The van der Waals surface area contributed by atoms with Crippen LogP contribution in [0, 0.1) is 11.8 Å². The molecule has 100 valence electrons. The van der Waals surface area contributed by atoms with E-state index in [0.717, 1.165) is 5.56 Å². The third-order valence-electron chi connectivity index (χ3n) is 2.54. The molecule has 2 aromatic rings. The molecular weight excluding hydrogens is 252 g/mol. The fourth-order valence-electron chi connectivity index (χ4n) is 1.56. The van der Waals surface area contributed by atoms with Crippen LogP contribution in [0.4, 0.5) is 0 Å². The van der Waals surface area contributed by atoms with Crippen LogP contribution in [-0.2, 0) is 6.54 Å². The molecule has 1 heterocycles. The molecule has 5 heteroatoms. The summed E-state index contributed by atoms with van der Waals surface area (Å²) in [5.41, 5.74) is 7.43. The number of carbonyl (C=O) groups is 1. The summed E-state index contributed by atoms with van der Waals surface area (Å²) in [6.45, 7) is 0.668. The van der Waals surface area contributed by atoms with Crippen molar-refractivity contribution in [2.24, 2.45) is 5.73 Å². The quantitative estimate of drug-likeness (QED) is 0.802. The first-order chi connectivity index (χ1) is 9.79. The monoisotopic (exact) mass is 266 g/mol. The highest BCUT2D eigenvalue weighted by Gasteiger charge is 2.05. The summed E-state index contributed by atoms with van der Waals surface area (Å²) in [6.07, 6.45) is 1.59. The number of benzene rings is 1. The van der Waals surface area contributed by atoms with E-state index in [-0.39, 0.29) is 5.91 Å². The van der Waals surface area contributed by atoms with Gasteiger partial charge >= 0.3 is 0 Å². The van der Waals surface area contributed by atoms with Crippen molar-refractivity contribution in [1.82, 2.24) is 15.5 Å². The Hall–Kier alpha value is -2.71. The largest absolute Gasteiger partial charge is 0.346 e. The molecule has 0 atom stereocenters. The van der Waals surface area contributed by atoms with Crippen LogP contribution < -0.4 is 11.1 Å². The Bertz CT molecular complexity index is 626. The molecule has 0 fully saturated rings. The number of carbonyl (C=O) groups excluding carboxylic acids is 1. The van der Waals surface area contributed by atoms with E-state index < -0.39 is 0 Å². The molecule has 0 saturated carbocycles. The minimum Gasteiger partial charge on any atom is -0.346 e. The molecular formula is C15H14N4O. The molecule has 3 N–H and O–H groups in total. The van der Waals surface area contributed by atoms with E-state index in [4.69, 9.17) is 5.73 Å². The van der Waals surface area contributed by atoms with Crippen LogP contribution in [0.3, 0.4) is 0 Å². The van der Waals surface area contributed by atoms with E-state index in [2.05, 4.69) is 27.4 Å². The van der Waals surface area contributed by atoms with Gasteiger partial charge in [-0.1, -0.05) is 11.8 Å². The first-order valence-electron chi connectivity index (χ1n) is 6.13. The maximum absolute atomic E-state index is 11.9. The van der Waals surface area contributed by atoms with Gasteiger partial charge in [0.1, 0.15) is 0 Å². The number of hydrogen-bond donors (Lipinski definition) is 2. The van der Waals surface area contributed by atoms with Gasteiger partial charge in [-0.3, -0.25) is 4.79 Å². The Morgan fingerprint density at radius 2 is 2.05 bits per heavy atom. The van der Waals surface area contributed by atoms with Crippen LogP contribution >= 0.6 is 0 Å². The van der Waals surface area contributed by atoms with Crippen molar-refractivity contribution in [1.29, 1.82) is 0 Å². The van der Waals surface area contributed by atoms with Crippen molar-refractivity contribution < 1.29 is 4.79 Å². The zero-order valence-electron chi connectivity index (χ0n) is 10.8. The summed E-state index contributed by atoms with van der Waals surface area (Å²) in [6, 6.07) is 10.6. The van der Waals surface area contributed by atoms with Crippen molar-refractivity contribution in [2.75, 3.05) is 6.54 Å².